The number of nitrogens with zero attached hydrogens (tertiary/aromatic N) is 1. The van der Waals surface area contributed by atoms with Gasteiger partial charge in [-0.25, -0.2) is 0 Å². The van der Waals surface area contributed by atoms with Crippen LogP contribution >= 0.6 is 11.8 Å². The zero-order valence-corrected chi connectivity index (χ0v) is 10.1. The molecule has 0 fully saturated rings. The van der Waals surface area contributed by atoms with Gasteiger partial charge in [-0.05, 0) is 26.8 Å². The Morgan fingerprint density at radius 1 is 1.60 bits per heavy atom. The van der Waals surface area contributed by atoms with Crippen LogP contribution in [0.25, 0.3) is 0 Å². The Bertz CT molecular complexity index is 341. The van der Waals surface area contributed by atoms with Gasteiger partial charge in [-0.3, -0.25) is 5.32 Å². The number of nitrogens with one attached hydrogen (secondary N) is 1. The molecular formula is C11H16N2OS. The summed E-state index contributed by atoms with van der Waals surface area (Å²) in [6.45, 7) is 6.01. The predicted octanol–water partition coefficient (Wildman–Crippen LogP) is 2.57. The zero-order chi connectivity index (χ0) is 11.3. The fourth-order valence-corrected chi connectivity index (χ4v) is 2.14. The third kappa shape index (κ3) is 3.98. The van der Waals surface area contributed by atoms with E-state index in [1.54, 1.807) is 18.0 Å². The Kier molecular flexibility index (Phi) is 4.73. The van der Waals surface area contributed by atoms with Crippen molar-refractivity contribution in [2.75, 3.05) is 5.75 Å². The second-order valence-corrected chi connectivity index (χ2v) is 4.72. The summed E-state index contributed by atoms with van der Waals surface area (Å²) in [6.07, 6.45) is 1.68. The van der Waals surface area contributed by atoms with Crippen LogP contribution in [0.2, 0.25) is 0 Å². The van der Waals surface area contributed by atoms with Gasteiger partial charge in [-0.2, -0.15) is 5.26 Å². The number of thioether (sulfide) groups is 1. The smallest absolute Gasteiger partial charge is 0.114 e. The van der Waals surface area contributed by atoms with Crippen LogP contribution in [0.4, 0.5) is 0 Å². The van der Waals surface area contributed by atoms with Crippen molar-refractivity contribution < 1.29 is 4.42 Å². The van der Waals surface area contributed by atoms with Gasteiger partial charge in [0.05, 0.1) is 12.3 Å². The number of nitriles is 1. The van der Waals surface area contributed by atoms with Crippen LogP contribution in [0.1, 0.15) is 19.6 Å². The molecule has 1 rings (SSSR count). The average Bonchev–Trinajstić information content (AvgIpc) is 2.58. The van der Waals surface area contributed by atoms with Gasteiger partial charge in [0.2, 0.25) is 0 Å². The van der Waals surface area contributed by atoms with Crippen molar-refractivity contribution in [1.82, 2.24) is 5.32 Å². The highest BCUT2D eigenvalue weighted by Gasteiger charge is 2.10. The molecule has 3 nitrogen and oxygen atoms in total. The molecule has 82 valence electrons. The van der Waals surface area contributed by atoms with Crippen LogP contribution < -0.4 is 5.32 Å². The molecule has 0 spiro atoms. The summed E-state index contributed by atoms with van der Waals surface area (Å²) in [5.74, 6) is 1.66. The minimum Gasteiger partial charge on any atom is -0.468 e. The average molecular weight is 224 g/mol. The lowest BCUT2D eigenvalue weighted by Gasteiger charge is -2.13. The van der Waals surface area contributed by atoms with Gasteiger partial charge >= 0.3 is 0 Å². The molecule has 0 aromatic carbocycles. The van der Waals surface area contributed by atoms with Crippen LogP contribution in [0, 0.1) is 18.3 Å². The van der Waals surface area contributed by atoms with E-state index in [4.69, 9.17) is 9.68 Å². The highest BCUT2D eigenvalue weighted by molar-refractivity contribution is 7.99. The van der Waals surface area contributed by atoms with Gasteiger partial charge in [0.1, 0.15) is 11.8 Å². The van der Waals surface area contributed by atoms with E-state index in [9.17, 15) is 0 Å². The van der Waals surface area contributed by atoms with Crippen LogP contribution in [0.15, 0.2) is 21.6 Å². The summed E-state index contributed by atoms with van der Waals surface area (Å²) in [5, 5.41) is 12.1. The van der Waals surface area contributed by atoms with E-state index in [0.717, 1.165) is 16.4 Å². The first-order chi connectivity index (χ1) is 7.13. The molecule has 0 bridgehead atoms. The van der Waals surface area contributed by atoms with Crippen LogP contribution in [-0.4, -0.2) is 17.8 Å². The maximum Gasteiger partial charge on any atom is 0.114 e. The first-order valence-corrected chi connectivity index (χ1v) is 5.94. The molecule has 1 heterocycles. The molecule has 0 aliphatic carbocycles. The van der Waals surface area contributed by atoms with E-state index in [0.29, 0.717) is 6.04 Å². The lowest BCUT2D eigenvalue weighted by molar-refractivity contribution is 0.526. The summed E-state index contributed by atoms with van der Waals surface area (Å²) >= 11 is 1.65. The Morgan fingerprint density at radius 3 is 2.80 bits per heavy atom. The molecule has 0 saturated heterocycles. The van der Waals surface area contributed by atoms with Crippen molar-refractivity contribution in [3.63, 3.8) is 0 Å². The van der Waals surface area contributed by atoms with E-state index in [2.05, 4.69) is 11.4 Å². The molecular weight excluding hydrogens is 208 g/mol. The largest absolute Gasteiger partial charge is 0.468 e. The summed E-state index contributed by atoms with van der Waals surface area (Å²) in [4.78, 5) is 1.11. The minimum atomic E-state index is -0.107. The van der Waals surface area contributed by atoms with Gasteiger partial charge in [0.25, 0.3) is 0 Å². The van der Waals surface area contributed by atoms with E-state index in [-0.39, 0.29) is 6.04 Å². The first kappa shape index (κ1) is 12.2. The Balaban J connectivity index is 2.42. The third-order valence-electron chi connectivity index (χ3n) is 1.91. The molecule has 0 amide bonds. The van der Waals surface area contributed by atoms with Crippen molar-refractivity contribution >= 4 is 11.8 Å². The van der Waals surface area contributed by atoms with Crippen molar-refractivity contribution in [3.05, 3.63) is 18.1 Å². The van der Waals surface area contributed by atoms with Crippen LogP contribution in [0.3, 0.4) is 0 Å². The van der Waals surface area contributed by atoms with Gasteiger partial charge in [-0.1, -0.05) is 0 Å². The van der Waals surface area contributed by atoms with E-state index in [1.807, 2.05) is 26.8 Å². The molecule has 1 aromatic rings. The zero-order valence-electron chi connectivity index (χ0n) is 9.28. The lowest BCUT2D eigenvalue weighted by atomic mass is 10.3. The van der Waals surface area contributed by atoms with Gasteiger partial charge in [0, 0.05) is 16.7 Å². The molecule has 0 saturated carbocycles. The molecule has 1 atom stereocenters. The van der Waals surface area contributed by atoms with E-state index < -0.39 is 0 Å². The fraction of sp³-hybridized carbons (Fsp3) is 0.545. The van der Waals surface area contributed by atoms with Crippen LogP contribution in [0.5, 0.6) is 0 Å². The molecule has 0 aliphatic heterocycles. The highest BCUT2D eigenvalue weighted by atomic mass is 32.2. The molecule has 15 heavy (non-hydrogen) atoms. The van der Waals surface area contributed by atoms with Crippen LogP contribution in [-0.2, 0) is 0 Å². The third-order valence-corrected chi connectivity index (χ3v) is 3.14. The molecule has 1 N–H and O–H groups in total. The minimum absolute atomic E-state index is 0.107. The van der Waals surface area contributed by atoms with Gasteiger partial charge in [-0.15, -0.1) is 11.8 Å². The number of hydrogen-bond acceptors (Lipinski definition) is 4. The Hall–Kier alpha value is -0.920. The summed E-state index contributed by atoms with van der Waals surface area (Å²) in [5.41, 5.74) is 0. The summed E-state index contributed by atoms with van der Waals surface area (Å²) < 4.78 is 5.19. The van der Waals surface area contributed by atoms with Crippen molar-refractivity contribution in [3.8, 4) is 6.07 Å². The normalized spacial score (nSPS) is 12.7. The maximum atomic E-state index is 8.92. The lowest BCUT2D eigenvalue weighted by Crippen LogP contribution is -2.35. The van der Waals surface area contributed by atoms with Gasteiger partial charge < -0.3 is 4.42 Å². The first-order valence-electron chi connectivity index (χ1n) is 4.96. The standard InChI is InChI=1S/C11H16N2OS/c1-8(2)13-10(6-12)7-15-11-4-5-14-9(11)3/h4-5,8,10,13H,7H2,1-3H3. The fourth-order valence-electron chi connectivity index (χ4n) is 1.22. The number of furan rings is 1. The second kappa shape index (κ2) is 5.84. The van der Waals surface area contributed by atoms with Crippen molar-refractivity contribution in [1.29, 1.82) is 5.26 Å². The number of aryl methyl sites for hydroxylation is 1. The molecule has 1 aromatic heterocycles. The SMILES string of the molecule is Cc1occc1SCC(C#N)NC(C)C. The molecule has 1 unspecified atom stereocenters. The van der Waals surface area contributed by atoms with Gasteiger partial charge in [0.15, 0.2) is 0 Å². The van der Waals surface area contributed by atoms with Crippen molar-refractivity contribution in [2.45, 2.75) is 37.8 Å². The number of hydrogen-bond donors (Lipinski definition) is 1. The molecule has 4 heteroatoms. The Labute approximate surface area is 94.8 Å². The summed E-state index contributed by atoms with van der Waals surface area (Å²) in [7, 11) is 0. The second-order valence-electron chi connectivity index (χ2n) is 3.66. The maximum absolute atomic E-state index is 8.92. The number of rotatable bonds is 5. The Morgan fingerprint density at radius 2 is 2.33 bits per heavy atom. The topological polar surface area (TPSA) is 49.0 Å². The predicted molar refractivity (Wildman–Crippen MR) is 61.8 cm³/mol. The quantitative estimate of drug-likeness (QED) is 0.781. The van der Waals surface area contributed by atoms with E-state index in [1.165, 1.54) is 0 Å². The summed E-state index contributed by atoms with van der Waals surface area (Å²) in [6, 6.07) is 4.41. The highest BCUT2D eigenvalue weighted by Crippen LogP contribution is 2.23. The van der Waals surface area contributed by atoms with Crippen molar-refractivity contribution in [2.24, 2.45) is 0 Å². The van der Waals surface area contributed by atoms with E-state index >= 15 is 0 Å². The molecule has 0 aliphatic rings. The monoisotopic (exact) mass is 224 g/mol. The molecule has 0 radical (unpaired) electrons.